The number of benzene rings is 1. The van der Waals surface area contributed by atoms with Crippen LogP contribution >= 0.6 is 0 Å². The van der Waals surface area contributed by atoms with Gasteiger partial charge in [-0.15, -0.1) is 0 Å². The van der Waals surface area contributed by atoms with E-state index in [0.29, 0.717) is 12.0 Å². The Morgan fingerprint density at radius 2 is 1.68 bits per heavy atom. The van der Waals surface area contributed by atoms with Crippen LogP contribution in [-0.4, -0.2) is 30.6 Å². The van der Waals surface area contributed by atoms with Gasteiger partial charge in [0.25, 0.3) is 0 Å². The zero-order valence-corrected chi connectivity index (χ0v) is 13.5. The van der Waals surface area contributed by atoms with E-state index >= 15 is 0 Å². The maximum absolute atomic E-state index is 13.0. The third kappa shape index (κ3) is 4.30. The molecule has 3 heteroatoms. The van der Waals surface area contributed by atoms with Gasteiger partial charge in [0.15, 0.2) is 0 Å². The Kier molecular flexibility index (Phi) is 5.48. The van der Waals surface area contributed by atoms with Crippen molar-refractivity contribution in [2.75, 3.05) is 19.6 Å². The highest BCUT2D eigenvalue weighted by Crippen LogP contribution is 2.27. The first-order valence-corrected chi connectivity index (χ1v) is 8.93. The lowest BCUT2D eigenvalue weighted by Crippen LogP contribution is -2.44. The molecule has 0 spiro atoms. The SMILES string of the molecule is N[C@@H]1CCCC[C@H]1CN1CCC(Cc2ccc(F)cc2)CC1. The second kappa shape index (κ2) is 7.56. The third-order valence-electron chi connectivity index (χ3n) is 5.61. The predicted molar refractivity (Wildman–Crippen MR) is 89.2 cm³/mol. The fourth-order valence-corrected chi connectivity index (χ4v) is 4.12. The number of hydrogen-bond acceptors (Lipinski definition) is 2. The average Bonchev–Trinajstić information content (AvgIpc) is 2.54. The number of hydrogen-bond donors (Lipinski definition) is 1. The van der Waals surface area contributed by atoms with Crippen LogP contribution in [0.5, 0.6) is 0 Å². The summed E-state index contributed by atoms with van der Waals surface area (Å²) >= 11 is 0. The molecular formula is C19H29FN2. The van der Waals surface area contributed by atoms with Gasteiger partial charge in [-0.2, -0.15) is 0 Å². The van der Waals surface area contributed by atoms with Crippen LogP contribution in [0.3, 0.4) is 0 Å². The van der Waals surface area contributed by atoms with E-state index < -0.39 is 0 Å². The molecule has 1 aliphatic carbocycles. The van der Waals surface area contributed by atoms with Crippen LogP contribution in [0, 0.1) is 17.7 Å². The van der Waals surface area contributed by atoms with Crippen molar-refractivity contribution in [2.24, 2.45) is 17.6 Å². The average molecular weight is 304 g/mol. The Bertz CT molecular complexity index is 451. The monoisotopic (exact) mass is 304 g/mol. The highest BCUT2D eigenvalue weighted by molar-refractivity contribution is 5.16. The summed E-state index contributed by atoms with van der Waals surface area (Å²) in [5.74, 6) is 1.33. The fraction of sp³-hybridized carbons (Fsp3) is 0.684. The number of piperidine rings is 1. The summed E-state index contributed by atoms with van der Waals surface area (Å²) < 4.78 is 13.0. The summed E-state index contributed by atoms with van der Waals surface area (Å²) in [6.45, 7) is 3.61. The summed E-state index contributed by atoms with van der Waals surface area (Å²) in [6, 6.07) is 7.45. The van der Waals surface area contributed by atoms with E-state index in [1.807, 2.05) is 12.1 Å². The highest BCUT2D eigenvalue weighted by atomic mass is 19.1. The van der Waals surface area contributed by atoms with Crippen LogP contribution in [0.1, 0.15) is 44.1 Å². The minimum Gasteiger partial charge on any atom is -0.327 e. The molecule has 2 atom stereocenters. The molecule has 0 bridgehead atoms. The topological polar surface area (TPSA) is 29.3 Å². The smallest absolute Gasteiger partial charge is 0.123 e. The maximum Gasteiger partial charge on any atom is 0.123 e. The van der Waals surface area contributed by atoms with Gasteiger partial charge in [0.1, 0.15) is 5.82 Å². The number of halogens is 1. The number of likely N-dealkylation sites (tertiary alicyclic amines) is 1. The molecule has 1 aromatic rings. The molecular weight excluding hydrogens is 275 g/mol. The Labute approximate surface area is 133 Å². The molecule has 0 aromatic heterocycles. The van der Waals surface area contributed by atoms with Crippen molar-refractivity contribution >= 4 is 0 Å². The second-order valence-corrected chi connectivity index (χ2v) is 7.28. The minimum atomic E-state index is -0.137. The lowest BCUT2D eigenvalue weighted by atomic mass is 9.83. The lowest BCUT2D eigenvalue weighted by molar-refractivity contribution is 0.137. The van der Waals surface area contributed by atoms with E-state index in [1.54, 1.807) is 12.1 Å². The van der Waals surface area contributed by atoms with E-state index in [9.17, 15) is 4.39 Å². The minimum absolute atomic E-state index is 0.137. The molecule has 2 N–H and O–H groups in total. The molecule has 3 rings (SSSR count). The van der Waals surface area contributed by atoms with Crippen molar-refractivity contribution in [2.45, 2.75) is 51.0 Å². The van der Waals surface area contributed by atoms with Crippen molar-refractivity contribution in [3.05, 3.63) is 35.6 Å². The Hall–Kier alpha value is -0.930. The van der Waals surface area contributed by atoms with E-state index in [-0.39, 0.29) is 5.82 Å². The van der Waals surface area contributed by atoms with Gasteiger partial charge in [-0.1, -0.05) is 25.0 Å². The van der Waals surface area contributed by atoms with Crippen molar-refractivity contribution in [1.82, 2.24) is 4.90 Å². The number of rotatable bonds is 4. The van der Waals surface area contributed by atoms with Gasteiger partial charge in [0, 0.05) is 12.6 Å². The van der Waals surface area contributed by atoms with Crippen LogP contribution in [0.2, 0.25) is 0 Å². The third-order valence-corrected chi connectivity index (χ3v) is 5.61. The molecule has 122 valence electrons. The molecule has 1 heterocycles. The Morgan fingerprint density at radius 3 is 2.36 bits per heavy atom. The second-order valence-electron chi connectivity index (χ2n) is 7.28. The first-order valence-electron chi connectivity index (χ1n) is 8.93. The summed E-state index contributed by atoms with van der Waals surface area (Å²) in [5, 5.41) is 0. The van der Waals surface area contributed by atoms with Crippen molar-refractivity contribution in [3.63, 3.8) is 0 Å². The predicted octanol–water partition coefficient (Wildman–Crippen LogP) is 3.60. The van der Waals surface area contributed by atoms with E-state index in [0.717, 1.165) is 12.3 Å². The standard InChI is InChI=1S/C19H29FN2/c20-18-7-5-15(6-8-18)13-16-9-11-22(12-10-16)14-17-3-1-2-4-19(17)21/h5-8,16-17,19H,1-4,9-14,21H2/t17-,19+/m0/s1. The highest BCUT2D eigenvalue weighted by Gasteiger charge is 2.26. The van der Waals surface area contributed by atoms with Gasteiger partial charge >= 0.3 is 0 Å². The fourth-order valence-electron chi connectivity index (χ4n) is 4.12. The molecule has 0 radical (unpaired) electrons. The number of nitrogens with zero attached hydrogens (tertiary/aromatic N) is 1. The largest absolute Gasteiger partial charge is 0.327 e. The van der Waals surface area contributed by atoms with Crippen molar-refractivity contribution < 1.29 is 4.39 Å². The molecule has 2 nitrogen and oxygen atoms in total. The van der Waals surface area contributed by atoms with Crippen LogP contribution in [-0.2, 0) is 6.42 Å². The van der Waals surface area contributed by atoms with E-state index in [1.165, 1.54) is 63.7 Å². The molecule has 0 amide bonds. The van der Waals surface area contributed by atoms with Crippen LogP contribution < -0.4 is 5.73 Å². The molecule has 1 aromatic carbocycles. The van der Waals surface area contributed by atoms with Gasteiger partial charge in [-0.3, -0.25) is 0 Å². The van der Waals surface area contributed by atoms with Crippen molar-refractivity contribution in [3.8, 4) is 0 Å². The van der Waals surface area contributed by atoms with Gasteiger partial charge in [0.2, 0.25) is 0 Å². The molecule has 0 unspecified atom stereocenters. The normalized spacial score (nSPS) is 27.9. The van der Waals surface area contributed by atoms with Crippen LogP contribution in [0.25, 0.3) is 0 Å². The molecule has 1 aliphatic heterocycles. The number of nitrogens with two attached hydrogens (primary N) is 1. The maximum atomic E-state index is 13.0. The molecule has 2 fully saturated rings. The molecule has 1 saturated heterocycles. The zero-order chi connectivity index (χ0) is 15.4. The molecule has 1 saturated carbocycles. The Balaban J connectivity index is 1.43. The van der Waals surface area contributed by atoms with Gasteiger partial charge < -0.3 is 10.6 Å². The Morgan fingerprint density at radius 1 is 1.00 bits per heavy atom. The van der Waals surface area contributed by atoms with E-state index in [2.05, 4.69) is 4.90 Å². The van der Waals surface area contributed by atoms with Gasteiger partial charge in [-0.05, 0) is 74.7 Å². The van der Waals surface area contributed by atoms with Crippen LogP contribution in [0.4, 0.5) is 4.39 Å². The lowest BCUT2D eigenvalue weighted by Gasteiger charge is -2.37. The summed E-state index contributed by atoms with van der Waals surface area (Å²) in [5.41, 5.74) is 7.55. The van der Waals surface area contributed by atoms with E-state index in [4.69, 9.17) is 5.73 Å². The summed E-state index contributed by atoms with van der Waals surface area (Å²) in [4.78, 5) is 2.62. The summed E-state index contributed by atoms with van der Waals surface area (Å²) in [7, 11) is 0. The van der Waals surface area contributed by atoms with Crippen molar-refractivity contribution in [1.29, 1.82) is 0 Å². The van der Waals surface area contributed by atoms with Crippen LogP contribution in [0.15, 0.2) is 24.3 Å². The molecule has 22 heavy (non-hydrogen) atoms. The first kappa shape index (κ1) is 15.9. The quantitative estimate of drug-likeness (QED) is 0.921. The first-order chi connectivity index (χ1) is 10.7. The zero-order valence-electron chi connectivity index (χ0n) is 13.5. The van der Waals surface area contributed by atoms with Gasteiger partial charge in [-0.25, -0.2) is 4.39 Å². The molecule has 2 aliphatic rings. The summed E-state index contributed by atoms with van der Waals surface area (Å²) in [6.07, 6.45) is 8.83. The van der Waals surface area contributed by atoms with Gasteiger partial charge in [0.05, 0.1) is 0 Å².